The van der Waals surface area contributed by atoms with Crippen LogP contribution in [-0.4, -0.2) is 58.1 Å². The number of hydrogen-bond donors (Lipinski definition) is 3. The summed E-state index contributed by atoms with van der Waals surface area (Å²) in [4.78, 5) is 47.9. The summed E-state index contributed by atoms with van der Waals surface area (Å²) < 4.78 is 5.96. The van der Waals surface area contributed by atoms with E-state index in [4.69, 9.17) is 4.74 Å². The number of anilines is 3. The molecular weight excluding hydrogens is 542 g/mol. The van der Waals surface area contributed by atoms with E-state index in [-0.39, 0.29) is 23.9 Å². The lowest BCUT2D eigenvalue weighted by Gasteiger charge is -2.34. The molecule has 2 aliphatic heterocycles. The highest BCUT2D eigenvalue weighted by atomic mass is 32.1. The van der Waals surface area contributed by atoms with Crippen LogP contribution in [0.4, 0.5) is 21.9 Å². The monoisotopic (exact) mass is 571 g/mol. The van der Waals surface area contributed by atoms with Gasteiger partial charge in [-0.1, -0.05) is 18.2 Å². The van der Waals surface area contributed by atoms with Gasteiger partial charge in [-0.2, -0.15) is 0 Å². The van der Waals surface area contributed by atoms with Crippen LogP contribution >= 0.6 is 11.3 Å². The zero-order chi connectivity index (χ0) is 28.7. The van der Waals surface area contributed by atoms with Gasteiger partial charge in [0.2, 0.25) is 0 Å². The van der Waals surface area contributed by atoms with Crippen LogP contribution in [0.1, 0.15) is 35.0 Å². The normalized spacial score (nSPS) is 17.2. The molecule has 1 fully saturated rings. The van der Waals surface area contributed by atoms with Crippen LogP contribution in [0.15, 0.2) is 60.8 Å². The van der Waals surface area contributed by atoms with E-state index in [2.05, 4.69) is 15.6 Å². The van der Waals surface area contributed by atoms with Crippen LogP contribution in [0.2, 0.25) is 0 Å². The number of aromatic nitrogens is 1. The number of carbonyl (C=O) groups excluding carboxylic acids is 3. The van der Waals surface area contributed by atoms with Crippen molar-refractivity contribution in [2.24, 2.45) is 0 Å². The molecule has 2 atom stereocenters. The molecule has 210 valence electrons. The standard InChI is InChI=1S/C30H29N5O5S/c1-17-15-21(40-20-8-4-3-5-9-20)10-11-22(17)35-23-12-13-31-28-24(23)25(33-30(35)39)26(41-28)27(37)32-19-7-6-14-34(16-19)29(38)18(2)36/h3-5,8-13,15,18-19,36H,6-7,14,16H2,1-2H3,(H,32,37)(H,33,39)/t18-,19-/m1/s1. The van der Waals surface area contributed by atoms with Crippen LogP contribution in [0.3, 0.4) is 0 Å². The van der Waals surface area contributed by atoms with E-state index < -0.39 is 6.10 Å². The van der Waals surface area contributed by atoms with Gasteiger partial charge < -0.3 is 25.4 Å². The quantitative estimate of drug-likeness (QED) is 0.293. The Morgan fingerprint density at radius 2 is 1.95 bits per heavy atom. The number of rotatable bonds is 6. The van der Waals surface area contributed by atoms with Crippen LogP contribution in [0, 0.1) is 6.92 Å². The third-order valence-electron chi connectivity index (χ3n) is 7.27. The molecule has 2 aromatic carbocycles. The van der Waals surface area contributed by atoms with E-state index in [0.29, 0.717) is 63.8 Å². The van der Waals surface area contributed by atoms with Crippen molar-refractivity contribution in [2.75, 3.05) is 23.3 Å². The summed E-state index contributed by atoms with van der Waals surface area (Å²) in [6.07, 6.45) is 1.97. The second kappa shape index (κ2) is 10.8. The van der Waals surface area contributed by atoms with Gasteiger partial charge in [0.15, 0.2) is 0 Å². The molecule has 0 unspecified atom stereocenters. The van der Waals surface area contributed by atoms with E-state index >= 15 is 0 Å². The lowest BCUT2D eigenvalue weighted by Crippen LogP contribution is -2.51. The number of para-hydroxylation sites is 1. The van der Waals surface area contributed by atoms with Crippen molar-refractivity contribution in [3.63, 3.8) is 0 Å². The largest absolute Gasteiger partial charge is 0.457 e. The first-order valence-electron chi connectivity index (χ1n) is 13.4. The average molecular weight is 572 g/mol. The van der Waals surface area contributed by atoms with Crippen LogP contribution in [0.25, 0.3) is 10.2 Å². The molecule has 2 aliphatic rings. The van der Waals surface area contributed by atoms with E-state index in [9.17, 15) is 19.5 Å². The number of carbonyl (C=O) groups is 3. The highest BCUT2D eigenvalue weighted by Gasteiger charge is 2.34. The highest BCUT2D eigenvalue weighted by molar-refractivity contribution is 7.21. The molecule has 11 heteroatoms. The molecule has 4 heterocycles. The van der Waals surface area contributed by atoms with Gasteiger partial charge in [-0.3, -0.25) is 14.5 Å². The Kier molecular flexibility index (Phi) is 7.06. The molecule has 0 spiro atoms. The van der Waals surface area contributed by atoms with Crippen molar-refractivity contribution in [3.8, 4) is 11.5 Å². The fourth-order valence-corrected chi connectivity index (χ4v) is 6.38. The number of aliphatic hydroxyl groups excluding tert-OH is 1. The van der Waals surface area contributed by atoms with Crippen molar-refractivity contribution < 1.29 is 24.2 Å². The molecule has 0 radical (unpaired) electrons. The highest BCUT2D eigenvalue weighted by Crippen LogP contribution is 2.46. The Morgan fingerprint density at radius 3 is 2.71 bits per heavy atom. The molecular formula is C30H29N5O5S. The Balaban J connectivity index is 1.28. The topological polar surface area (TPSA) is 124 Å². The molecule has 3 N–H and O–H groups in total. The van der Waals surface area contributed by atoms with Crippen LogP contribution < -0.4 is 20.3 Å². The molecule has 0 aliphatic carbocycles. The van der Waals surface area contributed by atoms with Crippen molar-refractivity contribution in [2.45, 2.75) is 38.8 Å². The minimum atomic E-state index is -1.09. The summed E-state index contributed by atoms with van der Waals surface area (Å²) in [6.45, 7) is 4.22. The predicted molar refractivity (Wildman–Crippen MR) is 157 cm³/mol. The zero-order valence-corrected chi connectivity index (χ0v) is 23.4. The number of thiophene rings is 1. The Labute approximate surface area is 240 Å². The molecule has 2 aromatic heterocycles. The molecule has 6 rings (SSSR count). The van der Waals surface area contributed by atoms with Crippen LogP contribution in [0.5, 0.6) is 11.5 Å². The molecule has 41 heavy (non-hydrogen) atoms. The molecule has 0 saturated carbocycles. The molecule has 10 nitrogen and oxygen atoms in total. The third kappa shape index (κ3) is 5.09. The number of likely N-dealkylation sites (tertiary alicyclic amines) is 1. The second-order valence-corrected chi connectivity index (χ2v) is 11.2. The van der Waals surface area contributed by atoms with Gasteiger partial charge in [0.25, 0.3) is 11.8 Å². The number of aryl methyl sites for hydroxylation is 1. The Hall–Kier alpha value is -4.48. The smallest absolute Gasteiger partial charge is 0.331 e. The Morgan fingerprint density at radius 1 is 1.15 bits per heavy atom. The maximum Gasteiger partial charge on any atom is 0.331 e. The van der Waals surface area contributed by atoms with Crippen molar-refractivity contribution in [1.29, 1.82) is 0 Å². The second-order valence-electron chi connectivity index (χ2n) is 10.2. The maximum absolute atomic E-state index is 13.5. The van der Waals surface area contributed by atoms with Gasteiger partial charge >= 0.3 is 6.03 Å². The van der Waals surface area contributed by atoms with Crippen LogP contribution in [-0.2, 0) is 4.79 Å². The predicted octanol–water partition coefficient (Wildman–Crippen LogP) is 5.18. The minimum absolute atomic E-state index is 0.265. The summed E-state index contributed by atoms with van der Waals surface area (Å²) in [5.41, 5.74) is 2.59. The lowest BCUT2D eigenvalue weighted by atomic mass is 10.0. The van der Waals surface area contributed by atoms with E-state index in [1.807, 2.05) is 55.5 Å². The summed E-state index contributed by atoms with van der Waals surface area (Å²) in [7, 11) is 0. The molecule has 0 bridgehead atoms. The van der Waals surface area contributed by atoms with Gasteiger partial charge in [-0.05, 0) is 68.7 Å². The fourth-order valence-electron chi connectivity index (χ4n) is 5.36. The summed E-state index contributed by atoms with van der Waals surface area (Å²) in [5.74, 6) is 0.687. The summed E-state index contributed by atoms with van der Waals surface area (Å²) >= 11 is 1.21. The lowest BCUT2D eigenvalue weighted by molar-refractivity contribution is -0.140. The number of ether oxygens (including phenoxy) is 1. The first-order valence-corrected chi connectivity index (χ1v) is 14.3. The molecule has 4 aromatic rings. The summed E-state index contributed by atoms with van der Waals surface area (Å²) in [5, 5.41) is 16.3. The number of pyridine rings is 1. The number of nitrogens with zero attached hydrogens (tertiary/aromatic N) is 3. The zero-order valence-electron chi connectivity index (χ0n) is 22.6. The SMILES string of the molecule is Cc1cc(Oc2ccccc2)ccc1N1C(=O)Nc2c(C(=O)N[C@@H]3CCCN(C(=O)[C@@H](C)O)C3)sc3nccc1c23. The summed E-state index contributed by atoms with van der Waals surface area (Å²) in [6, 6.07) is 16.1. The van der Waals surface area contributed by atoms with Crippen molar-refractivity contribution in [1.82, 2.24) is 15.2 Å². The number of piperidine rings is 1. The number of amides is 4. The van der Waals surface area contributed by atoms with Gasteiger partial charge in [0.05, 0.1) is 22.4 Å². The number of aliphatic hydroxyl groups is 1. The number of nitrogens with one attached hydrogen (secondary N) is 2. The fraction of sp³-hybridized carbons (Fsp3) is 0.267. The number of hydrogen-bond acceptors (Lipinski definition) is 7. The average Bonchev–Trinajstić information content (AvgIpc) is 3.33. The number of urea groups is 1. The van der Waals surface area contributed by atoms with E-state index in [1.165, 1.54) is 18.3 Å². The molecule has 4 amide bonds. The molecule has 1 saturated heterocycles. The number of benzene rings is 2. The third-order valence-corrected chi connectivity index (χ3v) is 8.36. The first-order chi connectivity index (χ1) is 19.8. The van der Waals surface area contributed by atoms with Crippen molar-refractivity contribution in [3.05, 3.63) is 71.2 Å². The Bertz CT molecular complexity index is 1650. The van der Waals surface area contributed by atoms with Gasteiger partial charge in [0.1, 0.15) is 27.3 Å². The van der Waals surface area contributed by atoms with Gasteiger partial charge in [0, 0.05) is 25.3 Å². The first kappa shape index (κ1) is 26.7. The van der Waals surface area contributed by atoms with Gasteiger partial charge in [-0.15, -0.1) is 11.3 Å². The van der Waals surface area contributed by atoms with Crippen molar-refractivity contribution >= 4 is 56.5 Å². The maximum atomic E-state index is 13.5. The van der Waals surface area contributed by atoms with E-state index in [0.717, 1.165) is 11.3 Å². The van der Waals surface area contributed by atoms with Gasteiger partial charge in [-0.25, -0.2) is 9.78 Å². The minimum Gasteiger partial charge on any atom is -0.457 e. The van der Waals surface area contributed by atoms with E-state index in [1.54, 1.807) is 22.1 Å².